The fourth-order valence-corrected chi connectivity index (χ4v) is 1.53. The number of halogens is 2. The molecule has 1 rings (SSSR count). The molecule has 0 amide bonds. The maximum absolute atomic E-state index is 12.1. The van der Waals surface area contributed by atoms with E-state index in [9.17, 15) is 8.78 Å². The van der Waals surface area contributed by atoms with Crippen molar-refractivity contribution in [1.82, 2.24) is 9.78 Å². The number of aromatic nitrogens is 2. The lowest BCUT2D eigenvalue weighted by atomic mass is 9.98. The van der Waals surface area contributed by atoms with Crippen molar-refractivity contribution in [3.63, 3.8) is 0 Å². The minimum atomic E-state index is -2.43. The number of nitrogens with zero attached hydrogens (tertiary/aromatic N) is 2. The minimum Gasteiger partial charge on any atom is -0.396 e. The molecule has 0 aromatic carbocycles. The smallest absolute Gasteiger partial charge is 0.257 e. The molecular formula is C10H16F2N2O2. The standard InChI is InChI=1S/C10H16F2N2O2/c11-10(12)6-14-5-9(4-13-14)8(7-16)2-1-3-15/h4-5,8,10,15-16H,1-3,6-7H2. The average Bonchev–Trinajstić information content (AvgIpc) is 2.67. The van der Waals surface area contributed by atoms with Crippen molar-refractivity contribution >= 4 is 0 Å². The van der Waals surface area contributed by atoms with Crippen LogP contribution in [0.15, 0.2) is 12.4 Å². The van der Waals surface area contributed by atoms with Crippen LogP contribution in [0.3, 0.4) is 0 Å². The van der Waals surface area contributed by atoms with Crippen LogP contribution in [0, 0.1) is 0 Å². The van der Waals surface area contributed by atoms with Crippen molar-refractivity contribution in [2.24, 2.45) is 0 Å². The molecule has 2 N–H and O–H groups in total. The number of rotatable bonds is 7. The van der Waals surface area contributed by atoms with E-state index < -0.39 is 13.0 Å². The summed E-state index contributed by atoms with van der Waals surface area (Å²) in [7, 11) is 0. The monoisotopic (exact) mass is 234 g/mol. The largest absolute Gasteiger partial charge is 0.396 e. The van der Waals surface area contributed by atoms with Crippen molar-refractivity contribution in [2.75, 3.05) is 13.2 Å². The molecule has 1 heterocycles. The molecule has 0 radical (unpaired) electrons. The zero-order valence-corrected chi connectivity index (χ0v) is 8.89. The van der Waals surface area contributed by atoms with Crippen molar-refractivity contribution < 1.29 is 19.0 Å². The Hall–Kier alpha value is -1.01. The van der Waals surface area contributed by atoms with Crippen LogP contribution >= 0.6 is 0 Å². The lowest BCUT2D eigenvalue weighted by Gasteiger charge is -2.10. The van der Waals surface area contributed by atoms with Crippen LogP contribution in [0.5, 0.6) is 0 Å². The van der Waals surface area contributed by atoms with Crippen molar-refractivity contribution in [3.8, 4) is 0 Å². The summed E-state index contributed by atoms with van der Waals surface area (Å²) >= 11 is 0. The number of hydrogen-bond donors (Lipinski definition) is 2. The highest BCUT2D eigenvalue weighted by molar-refractivity contribution is 5.11. The first-order valence-corrected chi connectivity index (χ1v) is 5.19. The van der Waals surface area contributed by atoms with E-state index in [1.807, 2.05) is 0 Å². The van der Waals surface area contributed by atoms with Crippen molar-refractivity contribution in [2.45, 2.75) is 31.7 Å². The van der Waals surface area contributed by atoms with E-state index >= 15 is 0 Å². The summed E-state index contributed by atoms with van der Waals surface area (Å²) in [6, 6.07) is 0. The Kier molecular flexibility index (Phi) is 5.34. The minimum absolute atomic E-state index is 0.0572. The van der Waals surface area contributed by atoms with Gasteiger partial charge in [0.25, 0.3) is 6.43 Å². The van der Waals surface area contributed by atoms with E-state index in [1.54, 1.807) is 0 Å². The highest BCUT2D eigenvalue weighted by Crippen LogP contribution is 2.20. The molecule has 0 fully saturated rings. The van der Waals surface area contributed by atoms with E-state index in [-0.39, 0.29) is 19.1 Å². The molecular weight excluding hydrogens is 218 g/mol. The first kappa shape index (κ1) is 13.1. The molecule has 1 aromatic heterocycles. The normalized spacial score (nSPS) is 13.3. The quantitative estimate of drug-likeness (QED) is 0.740. The van der Waals surface area contributed by atoms with Gasteiger partial charge in [-0.25, -0.2) is 8.78 Å². The number of alkyl halides is 2. The number of hydrogen-bond acceptors (Lipinski definition) is 3. The summed E-state index contributed by atoms with van der Waals surface area (Å²) in [5.41, 5.74) is 0.733. The van der Waals surface area contributed by atoms with E-state index in [2.05, 4.69) is 5.10 Å². The van der Waals surface area contributed by atoms with Crippen LogP contribution in [0.1, 0.15) is 24.3 Å². The number of aliphatic hydroxyl groups is 2. The summed E-state index contributed by atoms with van der Waals surface area (Å²) in [6.07, 6.45) is 1.77. The summed E-state index contributed by atoms with van der Waals surface area (Å²) in [5.74, 6) is -0.140. The second-order valence-corrected chi connectivity index (χ2v) is 3.63. The first-order valence-electron chi connectivity index (χ1n) is 5.19. The van der Waals surface area contributed by atoms with Gasteiger partial charge in [0.05, 0.1) is 12.8 Å². The third-order valence-electron chi connectivity index (χ3n) is 2.38. The van der Waals surface area contributed by atoms with Gasteiger partial charge in [-0.3, -0.25) is 4.68 Å². The van der Waals surface area contributed by atoms with E-state index in [0.29, 0.717) is 12.8 Å². The fraction of sp³-hybridized carbons (Fsp3) is 0.700. The zero-order chi connectivity index (χ0) is 12.0. The Morgan fingerprint density at radius 2 is 2.12 bits per heavy atom. The summed E-state index contributed by atoms with van der Waals surface area (Å²) in [6.45, 7) is -0.444. The summed E-state index contributed by atoms with van der Waals surface area (Å²) in [4.78, 5) is 0. The lowest BCUT2D eigenvalue weighted by molar-refractivity contribution is 0.122. The Bertz CT molecular complexity index is 305. The van der Waals surface area contributed by atoms with E-state index in [1.165, 1.54) is 17.1 Å². The third kappa shape index (κ3) is 3.86. The molecule has 1 atom stereocenters. The first-order chi connectivity index (χ1) is 7.67. The number of aliphatic hydroxyl groups excluding tert-OH is 2. The molecule has 6 heteroatoms. The molecule has 1 unspecified atom stereocenters. The van der Waals surface area contributed by atoms with Gasteiger partial charge in [-0.15, -0.1) is 0 Å². The second-order valence-electron chi connectivity index (χ2n) is 3.63. The molecule has 0 aliphatic carbocycles. The van der Waals surface area contributed by atoms with E-state index in [0.717, 1.165) is 5.56 Å². The van der Waals surface area contributed by atoms with Crippen LogP contribution < -0.4 is 0 Å². The highest BCUT2D eigenvalue weighted by Gasteiger charge is 2.13. The Morgan fingerprint density at radius 1 is 1.38 bits per heavy atom. The van der Waals surface area contributed by atoms with Crippen LogP contribution in [-0.2, 0) is 6.54 Å². The molecule has 0 aliphatic rings. The highest BCUT2D eigenvalue weighted by atomic mass is 19.3. The van der Waals surface area contributed by atoms with Gasteiger partial charge in [0.1, 0.15) is 6.54 Å². The molecule has 0 spiro atoms. The Labute approximate surface area is 92.5 Å². The SMILES string of the molecule is OCCCC(CO)c1cnn(CC(F)F)c1. The van der Waals surface area contributed by atoms with Crippen LogP contribution in [-0.4, -0.2) is 39.6 Å². The summed E-state index contributed by atoms with van der Waals surface area (Å²) < 4.78 is 25.3. The van der Waals surface area contributed by atoms with Gasteiger partial charge in [0, 0.05) is 18.7 Å². The van der Waals surface area contributed by atoms with Gasteiger partial charge in [-0.05, 0) is 18.4 Å². The van der Waals surface area contributed by atoms with E-state index in [4.69, 9.17) is 10.2 Å². The molecule has 0 saturated heterocycles. The molecule has 0 saturated carbocycles. The maximum Gasteiger partial charge on any atom is 0.257 e. The third-order valence-corrected chi connectivity index (χ3v) is 2.38. The molecule has 0 bridgehead atoms. The average molecular weight is 234 g/mol. The van der Waals surface area contributed by atoms with Gasteiger partial charge in [-0.2, -0.15) is 5.10 Å². The zero-order valence-electron chi connectivity index (χ0n) is 8.89. The maximum atomic E-state index is 12.1. The topological polar surface area (TPSA) is 58.3 Å². The van der Waals surface area contributed by atoms with Gasteiger partial charge < -0.3 is 10.2 Å². The van der Waals surface area contributed by atoms with Crippen molar-refractivity contribution in [1.29, 1.82) is 0 Å². The molecule has 4 nitrogen and oxygen atoms in total. The predicted octanol–water partition coefficient (Wildman–Crippen LogP) is 0.997. The molecule has 16 heavy (non-hydrogen) atoms. The van der Waals surface area contributed by atoms with Crippen LogP contribution in [0.4, 0.5) is 8.78 Å². The predicted molar refractivity (Wildman–Crippen MR) is 54.4 cm³/mol. The van der Waals surface area contributed by atoms with Crippen LogP contribution in [0.25, 0.3) is 0 Å². The molecule has 1 aromatic rings. The Balaban J connectivity index is 2.59. The van der Waals surface area contributed by atoms with Gasteiger partial charge >= 0.3 is 0 Å². The van der Waals surface area contributed by atoms with Gasteiger partial charge in [0.2, 0.25) is 0 Å². The van der Waals surface area contributed by atoms with Gasteiger partial charge in [-0.1, -0.05) is 0 Å². The van der Waals surface area contributed by atoms with Crippen LogP contribution in [0.2, 0.25) is 0 Å². The lowest BCUT2D eigenvalue weighted by Crippen LogP contribution is -2.07. The second kappa shape index (κ2) is 6.55. The summed E-state index contributed by atoms with van der Waals surface area (Å²) in [5, 5.41) is 21.6. The molecule has 92 valence electrons. The van der Waals surface area contributed by atoms with Gasteiger partial charge in [0.15, 0.2) is 0 Å². The van der Waals surface area contributed by atoms with Crippen molar-refractivity contribution in [3.05, 3.63) is 18.0 Å². The Morgan fingerprint density at radius 3 is 2.69 bits per heavy atom. The molecule has 0 aliphatic heterocycles. The fourth-order valence-electron chi connectivity index (χ4n) is 1.53.